The number of rotatable bonds is 7. The van der Waals surface area contributed by atoms with E-state index in [0.717, 1.165) is 0 Å². The van der Waals surface area contributed by atoms with Crippen molar-refractivity contribution < 1.29 is 23.5 Å². The lowest BCUT2D eigenvalue weighted by atomic mass is 10.1. The maximum absolute atomic E-state index is 12.9. The van der Waals surface area contributed by atoms with Gasteiger partial charge in [0, 0.05) is 26.9 Å². The van der Waals surface area contributed by atoms with Crippen LogP contribution in [0.5, 0.6) is 11.5 Å². The largest absolute Gasteiger partial charge is 0.493 e. The zero-order chi connectivity index (χ0) is 24.7. The molecule has 3 aromatic carbocycles. The molecular weight excluding hydrogens is 484 g/mol. The standard InChI is InChI=1S/C24H20Cl2FN3O4/c1-14(29-30-24(32)23(31)28-17-9-7-16(27)8-10-17)15-6-11-21(22(12-15)33-2)34-13-18-19(25)4-3-5-20(18)26/h3-12H,13H2,1-2H3,(H,28,31)(H,30,32). The predicted molar refractivity (Wildman–Crippen MR) is 129 cm³/mol. The number of methoxy groups -OCH3 is 1. The number of carbonyl (C=O) groups is 2. The van der Waals surface area contributed by atoms with E-state index in [9.17, 15) is 14.0 Å². The highest BCUT2D eigenvalue weighted by atomic mass is 35.5. The minimum atomic E-state index is -0.979. The van der Waals surface area contributed by atoms with Crippen LogP contribution < -0.4 is 20.2 Å². The van der Waals surface area contributed by atoms with E-state index in [2.05, 4.69) is 15.8 Å². The summed E-state index contributed by atoms with van der Waals surface area (Å²) in [6.07, 6.45) is 0. The third-order valence-electron chi connectivity index (χ3n) is 4.65. The minimum absolute atomic E-state index is 0.139. The third-order valence-corrected chi connectivity index (χ3v) is 5.36. The smallest absolute Gasteiger partial charge is 0.329 e. The lowest BCUT2D eigenvalue weighted by Gasteiger charge is -2.13. The summed E-state index contributed by atoms with van der Waals surface area (Å²) in [6.45, 7) is 1.79. The summed E-state index contributed by atoms with van der Waals surface area (Å²) in [7, 11) is 1.49. The fourth-order valence-electron chi connectivity index (χ4n) is 2.80. The van der Waals surface area contributed by atoms with Crippen LogP contribution in [0.25, 0.3) is 0 Å². The van der Waals surface area contributed by atoms with Gasteiger partial charge < -0.3 is 14.8 Å². The van der Waals surface area contributed by atoms with E-state index in [0.29, 0.717) is 38.4 Å². The average Bonchev–Trinajstić information content (AvgIpc) is 2.83. The second kappa shape index (κ2) is 11.5. The molecule has 0 atom stereocenters. The molecule has 0 heterocycles. The van der Waals surface area contributed by atoms with Gasteiger partial charge in [0.05, 0.1) is 12.8 Å². The van der Waals surface area contributed by atoms with Crippen molar-refractivity contribution in [3.63, 3.8) is 0 Å². The normalized spacial score (nSPS) is 11.0. The predicted octanol–water partition coefficient (Wildman–Crippen LogP) is 5.20. The van der Waals surface area contributed by atoms with Gasteiger partial charge in [0.1, 0.15) is 12.4 Å². The van der Waals surface area contributed by atoms with Crippen LogP contribution in [-0.4, -0.2) is 24.6 Å². The average molecular weight is 504 g/mol. The number of hydrogen-bond donors (Lipinski definition) is 2. The molecule has 34 heavy (non-hydrogen) atoms. The van der Waals surface area contributed by atoms with Gasteiger partial charge in [0.25, 0.3) is 0 Å². The van der Waals surface area contributed by atoms with Gasteiger partial charge >= 0.3 is 11.8 Å². The maximum atomic E-state index is 12.9. The Balaban J connectivity index is 1.64. The Labute approximate surface area is 205 Å². The molecule has 0 unspecified atom stereocenters. The summed E-state index contributed by atoms with van der Waals surface area (Å²) in [4.78, 5) is 24.0. The van der Waals surface area contributed by atoms with E-state index in [1.807, 2.05) is 0 Å². The highest BCUT2D eigenvalue weighted by Gasteiger charge is 2.14. The number of hydrazone groups is 1. The summed E-state index contributed by atoms with van der Waals surface area (Å²) in [5.41, 5.74) is 4.16. The van der Waals surface area contributed by atoms with Crippen molar-refractivity contribution in [2.24, 2.45) is 5.10 Å². The number of ether oxygens (including phenoxy) is 2. The van der Waals surface area contributed by atoms with Crippen LogP contribution in [0.1, 0.15) is 18.1 Å². The molecule has 0 aliphatic heterocycles. The van der Waals surface area contributed by atoms with Gasteiger partial charge in [0.15, 0.2) is 11.5 Å². The van der Waals surface area contributed by atoms with E-state index in [1.165, 1.54) is 31.4 Å². The fraction of sp³-hybridized carbons (Fsp3) is 0.125. The molecule has 0 radical (unpaired) electrons. The Kier molecular flexibility index (Phi) is 8.45. The van der Waals surface area contributed by atoms with Crippen LogP contribution in [0.3, 0.4) is 0 Å². The number of benzene rings is 3. The second-order valence-electron chi connectivity index (χ2n) is 6.95. The molecule has 0 bridgehead atoms. The van der Waals surface area contributed by atoms with E-state index in [-0.39, 0.29) is 12.3 Å². The van der Waals surface area contributed by atoms with Crippen molar-refractivity contribution in [2.45, 2.75) is 13.5 Å². The van der Waals surface area contributed by atoms with Crippen LogP contribution in [0, 0.1) is 5.82 Å². The van der Waals surface area contributed by atoms with Gasteiger partial charge in [-0.05, 0) is 61.5 Å². The van der Waals surface area contributed by atoms with Crippen molar-refractivity contribution in [1.29, 1.82) is 0 Å². The van der Waals surface area contributed by atoms with E-state index >= 15 is 0 Å². The first-order valence-electron chi connectivity index (χ1n) is 9.93. The Hall–Kier alpha value is -3.62. The molecule has 176 valence electrons. The molecule has 0 fully saturated rings. The zero-order valence-corrected chi connectivity index (χ0v) is 19.7. The molecule has 0 saturated carbocycles. The third kappa shape index (κ3) is 6.46. The molecule has 0 aromatic heterocycles. The Morgan fingerprint density at radius 1 is 0.971 bits per heavy atom. The molecule has 3 rings (SSSR count). The first kappa shape index (κ1) is 25.0. The van der Waals surface area contributed by atoms with Gasteiger partial charge in [-0.3, -0.25) is 9.59 Å². The van der Waals surface area contributed by atoms with Crippen molar-refractivity contribution in [1.82, 2.24) is 5.43 Å². The van der Waals surface area contributed by atoms with Crippen LogP contribution in [0.2, 0.25) is 10.0 Å². The molecule has 2 N–H and O–H groups in total. The fourth-order valence-corrected chi connectivity index (χ4v) is 3.31. The van der Waals surface area contributed by atoms with Crippen LogP contribution in [-0.2, 0) is 16.2 Å². The summed E-state index contributed by atoms with van der Waals surface area (Å²) < 4.78 is 24.2. The Bertz CT molecular complexity index is 1210. The number of nitrogens with one attached hydrogen (secondary N) is 2. The van der Waals surface area contributed by atoms with Crippen molar-refractivity contribution in [2.75, 3.05) is 12.4 Å². The Morgan fingerprint density at radius 2 is 1.65 bits per heavy atom. The van der Waals surface area contributed by atoms with E-state index in [1.54, 1.807) is 43.3 Å². The molecule has 10 heteroatoms. The van der Waals surface area contributed by atoms with Crippen molar-refractivity contribution >= 4 is 46.4 Å². The van der Waals surface area contributed by atoms with Gasteiger partial charge in [-0.1, -0.05) is 29.3 Å². The number of halogens is 3. The SMILES string of the molecule is COc1cc(C(C)=NNC(=O)C(=O)Nc2ccc(F)cc2)ccc1OCc1c(Cl)cccc1Cl. The first-order valence-corrected chi connectivity index (χ1v) is 10.7. The number of anilines is 1. The zero-order valence-electron chi connectivity index (χ0n) is 18.2. The topological polar surface area (TPSA) is 89.0 Å². The quantitative estimate of drug-likeness (QED) is 0.263. The van der Waals surface area contributed by atoms with Gasteiger partial charge in [-0.15, -0.1) is 0 Å². The molecule has 7 nitrogen and oxygen atoms in total. The molecular formula is C24H20Cl2FN3O4. The van der Waals surface area contributed by atoms with E-state index in [4.69, 9.17) is 32.7 Å². The van der Waals surface area contributed by atoms with Crippen molar-refractivity contribution in [3.05, 3.63) is 87.7 Å². The van der Waals surface area contributed by atoms with Crippen LogP contribution in [0.4, 0.5) is 10.1 Å². The molecule has 3 aromatic rings. The highest BCUT2D eigenvalue weighted by Crippen LogP contribution is 2.31. The second-order valence-corrected chi connectivity index (χ2v) is 7.77. The molecule has 0 aliphatic carbocycles. The van der Waals surface area contributed by atoms with Crippen molar-refractivity contribution in [3.8, 4) is 11.5 Å². The molecule has 2 amide bonds. The molecule has 0 spiro atoms. The summed E-state index contributed by atoms with van der Waals surface area (Å²) >= 11 is 12.4. The summed E-state index contributed by atoms with van der Waals surface area (Å²) in [6, 6.07) is 15.3. The number of nitrogens with zero attached hydrogens (tertiary/aromatic N) is 1. The van der Waals surface area contributed by atoms with Crippen LogP contribution in [0.15, 0.2) is 65.8 Å². The lowest BCUT2D eigenvalue weighted by Crippen LogP contribution is -2.32. The first-order chi connectivity index (χ1) is 16.3. The minimum Gasteiger partial charge on any atom is -0.493 e. The number of amides is 2. The maximum Gasteiger partial charge on any atom is 0.329 e. The number of hydrogen-bond acceptors (Lipinski definition) is 5. The highest BCUT2D eigenvalue weighted by molar-refractivity contribution is 6.39. The molecule has 0 saturated heterocycles. The van der Waals surface area contributed by atoms with Crippen LogP contribution >= 0.6 is 23.2 Å². The molecule has 0 aliphatic rings. The summed E-state index contributed by atoms with van der Waals surface area (Å²) in [5, 5.41) is 7.29. The number of carbonyl (C=O) groups excluding carboxylic acids is 2. The Morgan fingerprint density at radius 3 is 2.29 bits per heavy atom. The monoisotopic (exact) mass is 503 g/mol. The summed E-state index contributed by atoms with van der Waals surface area (Å²) in [5.74, 6) is -1.49. The van der Waals surface area contributed by atoms with Gasteiger partial charge in [-0.2, -0.15) is 5.10 Å². The van der Waals surface area contributed by atoms with Gasteiger partial charge in [-0.25, -0.2) is 9.82 Å². The lowest BCUT2D eigenvalue weighted by molar-refractivity contribution is -0.136. The van der Waals surface area contributed by atoms with Gasteiger partial charge in [0.2, 0.25) is 0 Å². The van der Waals surface area contributed by atoms with E-state index < -0.39 is 17.6 Å².